The highest BCUT2D eigenvalue weighted by Crippen LogP contribution is 2.20. The summed E-state index contributed by atoms with van der Waals surface area (Å²) in [5.74, 6) is -1.02. The Kier molecular flexibility index (Phi) is 5.85. The Morgan fingerprint density at radius 3 is 2.58 bits per heavy atom. The second kappa shape index (κ2) is 8.29. The molecule has 6 nitrogen and oxygen atoms in total. The van der Waals surface area contributed by atoms with Crippen molar-refractivity contribution >= 4 is 46.6 Å². The van der Waals surface area contributed by atoms with Crippen LogP contribution in [0.25, 0.3) is 5.52 Å². The Labute approximate surface area is 159 Å². The molecule has 2 heterocycles. The molecular weight excluding hydrogens is 370 g/mol. The lowest BCUT2D eigenvalue weighted by Crippen LogP contribution is -2.21. The van der Waals surface area contributed by atoms with Crippen LogP contribution in [0, 0.1) is 0 Å². The number of carbonyl (C=O) groups is 2. The van der Waals surface area contributed by atoms with Crippen molar-refractivity contribution in [2.24, 2.45) is 0 Å². The van der Waals surface area contributed by atoms with Crippen LogP contribution in [0.15, 0.2) is 58.7 Å². The van der Waals surface area contributed by atoms with Gasteiger partial charge in [-0.25, -0.2) is 9.78 Å². The number of rotatable bonds is 6. The molecule has 0 aliphatic heterocycles. The molecule has 0 bridgehead atoms. The third-order valence-electron chi connectivity index (χ3n) is 3.60. The van der Waals surface area contributed by atoms with Gasteiger partial charge in [0.15, 0.2) is 17.5 Å². The molecule has 8 heteroatoms. The van der Waals surface area contributed by atoms with Crippen LogP contribution in [0.4, 0.5) is 5.69 Å². The van der Waals surface area contributed by atoms with Gasteiger partial charge in [0.05, 0.1) is 5.52 Å². The lowest BCUT2D eigenvalue weighted by molar-refractivity contribution is -0.119. The molecule has 0 spiro atoms. The molecule has 0 atom stereocenters. The first kappa shape index (κ1) is 18.3. The molecule has 1 N–H and O–H groups in total. The van der Waals surface area contributed by atoms with E-state index in [2.05, 4.69) is 10.3 Å². The monoisotopic (exact) mass is 387 g/mol. The van der Waals surface area contributed by atoms with Gasteiger partial charge >= 0.3 is 5.97 Å². The first-order chi connectivity index (χ1) is 12.6. The molecule has 1 aromatic carbocycles. The summed E-state index contributed by atoms with van der Waals surface area (Å²) in [7, 11) is 0. The minimum absolute atomic E-state index is 0.201. The SMILES string of the molecule is CSc1ccc(NC(=O)COC(=O)c2nc(SC)n3ccccc23)cc1. The smallest absolute Gasteiger partial charge is 0.359 e. The number of thioether (sulfide) groups is 2. The van der Waals surface area contributed by atoms with Crippen molar-refractivity contribution in [2.75, 3.05) is 24.4 Å². The number of imidazole rings is 1. The average Bonchev–Trinajstić information content (AvgIpc) is 3.06. The van der Waals surface area contributed by atoms with Crippen molar-refractivity contribution in [1.82, 2.24) is 9.38 Å². The molecule has 0 radical (unpaired) electrons. The summed E-state index contributed by atoms with van der Waals surface area (Å²) in [6, 6.07) is 12.9. The molecule has 0 saturated carbocycles. The van der Waals surface area contributed by atoms with Crippen LogP contribution >= 0.6 is 23.5 Å². The molecular formula is C18H17N3O3S2. The first-order valence-corrected chi connectivity index (χ1v) is 10.2. The second-order valence-corrected chi connectivity index (χ2v) is 6.91. The number of ether oxygens (including phenoxy) is 1. The maximum Gasteiger partial charge on any atom is 0.359 e. The number of esters is 1. The number of anilines is 1. The lowest BCUT2D eigenvalue weighted by Gasteiger charge is -2.06. The highest BCUT2D eigenvalue weighted by Gasteiger charge is 2.19. The topological polar surface area (TPSA) is 72.7 Å². The van der Waals surface area contributed by atoms with Gasteiger partial charge in [-0.15, -0.1) is 11.8 Å². The number of pyridine rings is 1. The predicted molar refractivity (Wildman–Crippen MR) is 104 cm³/mol. The van der Waals surface area contributed by atoms with E-state index in [4.69, 9.17) is 4.74 Å². The molecule has 0 unspecified atom stereocenters. The molecule has 0 aliphatic carbocycles. The van der Waals surface area contributed by atoms with Crippen LogP contribution in [0.3, 0.4) is 0 Å². The van der Waals surface area contributed by atoms with Crippen LogP contribution in [0.2, 0.25) is 0 Å². The number of aromatic nitrogens is 2. The highest BCUT2D eigenvalue weighted by atomic mass is 32.2. The van der Waals surface area contributed by atoms with Gasteiger partial charge in [-0.05, 0) is 48.9 Å². The Bertz CT molecular complexity index is 939. The highest BCUT2D eigenvalue weighted by molar-refractivity contribution is 7.98. The van der Waals surface area contributed by atoms with Gasteiger partial charge in [-0.3, -0.25) is 9.20 Å². The van der Waals surface area contributed by atoms with Crippen LogP contribution in [0.5, 0.6) is 0 Å². The van der Waals surface area contributed by atoms with E-state index in [1.807, 2.05) is 47.4 Å². The number of amides is 1. The van der Waals surface area contributed by atoms with Crippen LogP contribution in [-0.4, -0.2) is 40.4 Å². The predicted octanol–water partition coefficient (Wildman–Crippen LogP) is 3.57. The van der Waals surface area contributed by atoms with Gasteiger partial charge in [0, 0.05) is 16.8 Å². The van der Waals surface area contributed by atoms with Crippen molar-refractivity contribution < 1.29 is 14.3 Å². The van der Waals surface area contributed by atoms with Gasteiger partial charge in [-0.1, -0.05) is 17.8 Å². The second-order valence-electron chi connectivity index (χ2n) is 5.26. The molecule has 26 heavy (non-hydrogen) atoms. The molecule has 0 saturated heterocycles. The van der Waals surface area contributed by atoms with Gasteiger partial charge in [-0.2, -0.15) is 0 Å². The summed E-state index contributed by atoms with van der Waals surface area (Å²) in [6.07, 6.45) is 5.69. The van der Waals surface area contributed by atoms with Crippen molar-refractivity contribution in [1.29, 1.82) is 0 Å². The Hall–Kier alpha value is -2.45. The normalized spacial score (nSPS) is 10.7. The van der Waals surface area contributed by atoms with E-state index in [1.54, 1.807) is 30.0 Å². The maximum atomic E-state index is 12.3. The van der Waals surface area contributed by atoms with E-state index >= 15 is 0 Å². The van der Waals surface area contributed by atoms with E-state index < -0.39 is 11.9 Å². The van der Waals surface area contributed by atoms with Crippen molar-refractivity contribution in [3.05, 3.63) is 54.4 Å². The minimum Gasteiger partial charge on any atom is -0.451 e. The third kappa shape index (κ3) is 4.03. The van der Waals surface area contributed by atoms with Crippen LogP contribution in [0.1, 0.15) is 10.5 Å². The molecule has 3 aromatic rings. The van der Waals surface area contributed by atoms with Crippen molar-refractivity contribution in [2.45, 2.75) is 10.1 Å². The fourth-order valence-corrected chi connectivity index (χ4v) is 3.32. The number of benzene rings is 1. The zero-order chi connectivity index (χ0) is 18.5. The van der Waals surface area contributed by atoms with Gasteiger partial charge in [0.25, 0.3) is 5.91 Å². The van der Waals surface area contributed by atoms with E-state index in [0.717, 1.165) is 4.90 Å². The summed E-state index contributed by atoms with van der Waals surface area (Å²) in [5, 5.41) is 3.38. The van der Waals surface area contributed by atoms with E-state index in [-0.39, 0.29) is 12.3 Å². The van der Waals surface area contributed by atoms with Gasteiger partial charge < -0.3 is 10.1 Å². The number of hydrogen-bond acceptors (Lipinski definition) is 6. The summed E-state index contributed by atoms with van der Waals surface area (Å²) < 4.78 is 6.95. The molecule has 3 rings (SSSR count). The summed E-state index contributed by atoms with van der Waals surface area (Å²) >= 11 is 3.05. The standard InChI is InChI=1S/C18H17N3O3S2/c1-25-13-8-6-12(7-9-13)19-15(22)11-24-17(23)16-14-5-3-4-10-21(14)18(20-16)26-2/h3-10H,11H2,1-2H3,(H,19,22). The average molecular weight is 387 g/mol. The number of fused-ring (bicyclic) bond motifs is 1. The zero-order valence-electron chi connectivity index (χ0n) is 14.3. The minimum atomic E-state index is -0.623. The van der Waals surface area contributed by atoms with Crippen molar-refractivity contribution in [3.8, 4) is 0 Å². The van der Waals surface area contributed by atoms with Crippen molar-refractivity contribution in [3.63, 3.8) is 0 Å². The van der Waals surface area contributed by atoms with Crippen LogP contribution in [-0.2, 0) is 9.53 Å². The zero-order valence-corrected chi connectivity index (χ0v) is 15.9. The number of hydrogen-bond donors (Lipinski definition) is 1. The first-order valence-electron chi connectivity index (χ1n) is 7.74. The lowest BCUT2D eigenvalue weighted by atomic mass is 10.3. The molecule has 2 aromatic heterocycles. The Morgan fingerprint density at radius 1 is 1.12 bits per heavy atom. The van der Waals surface area contributed by atoms with E-state index in [0.29, 0.717) is 16.4 Å². The molecule has 134 valence electrons. The van der Waals surface area contributed by atoms with Crippen LogP contribution < -0.4 is 5.32 Å². The molecule has 0 aliphatic rings. The number of nitrogens with zero attached hydrogens (tertiary/aromatic N) is 2. The fourth-order valence-electron chi connectivity index (χ4n) is 2.37. The maximum absolute atomic E-state index is 12.3. The van der Waals surface area contributed by atoms with E-state index in [1.165, 1.54) is 11.8 Å². The molecule has 0 fully saturated rings. The Balaban J connectivity index is 1.64. The summed E-state index contributed by atoms with van der Waals surface area (Å²) in [5.41, 5.74) is 1.50. The Morgan fingerprint density at radius 2 is 1.88 bits per heavy atom. The summed E-state index contributed by atoms with van der Waals surface area (Å²) in [4.78, 5) is 29.8. The van der Waals surface area contributed by atoms with Gasteiger partial charge in [0.1, 0.15) is 0 Å². The molecule has 1 amide bonds. The van der Waals surface area contributed by atoms with Gasteiger partial charge in [0.2, 0.25) is 0 Å². The fraction of sp³-hybridized carbons (Fsp3) is 0.167. The quantitative estimate of drug-likeness (QED) is 0.515. The van der Waals surface area contributed by atoms with E-state index in [9.17, 15) is 9.59 Å². The number of nitrogens with one attached hydrogen (secondary N) is 1. The summed E-state index contributed by atoms with van der Waals surface area (Å²) in [6.45, 7) is -0.371. The largest absolute Gasteiger partial charge is 0.451 e. The third-order valence-corrected chi connectivity index (χ3v) is 5.00. The number of carbonyl (C=O) groups excluding carboxylic acids is 2.